The molecule has 1 saturated heterocycles. The van der Waals surface area contributed by atoms with Gasteiger partial charge >= 0.3 is 5.97 Å². The number of fused-ring (bicyclic) bond motifs is 7. The number of hydrogen-bond acceptors (Lipinski definition) is 9. The van der Waals surface area contributed by atoms with Crippen LogP contribution in [0.3, 0.4) is 0 Å². The van der Waals surface area contributed by atoms with Crippen molar-refractivity contribution in [1.29, 1.82) is 0 Å². The lowest BCUT2D eigenvalue weighted by atomic mass is 9.33. The molecule has 7 aliphatic rings. The lowest BCUT2D eigenvalue weighted by Crippen LogP contribution is -2.68. The summed E-state index contributed by atoms with van der Waals surface area (Å²) in [5.74, 6) is 4.07. The number of allylic oxidation sites excluding steroid dienone is 6. The minimum atomic E-state index is -2.87. The standard InChI is InChI=1S/C51H77N3O5S2/c1-11-58-45(55)50(33-59-43-32-40(35(4)5)60-53-43)21-14-36(15-22-50)38-17-19-47(8)41(46(38,6)7)18-20-49(10)42(47)13-12-39-44-37(34(2)3)16-23-51(44,25-24-48(39,49)9)52-26-27-54-28-30-61(56,57)31-29-54/h14,17,32,37,39,41-42,44,52H,2,4,11-13,15-16,18-31,33H2,1,3,5-10H3/t37?,39-,41+,42-,44-,47+,48-,49-,50?,51+/m1/s1. The van der Waals surface area contributed by atoms with E-state index in [4.69, 9.17) is 9.47 Å². The summed E-state index contributed by atoms with van der Waals surface area (Å²) in [6.07, 6.45) is 18.4. The largest absolute Gasteiger partial charge is 0.476 e. The third kappa shape index (κ3) is 7.59. The fourth-order valence-corrected chi connectivity index (χ4v) is 17.5. The molecule has 0 radical (unpaired) electrons. The normalized spacial score (nSPS) is 40.3. The van der Waals surface area contributed by atoms with E-state index < -0.39 is 15.3 Å². The topological polar surface area (TPSA) is 97.8 Å². The maximum Gasteiger partial charge on any atom is 0.315 e. The Morgan fingerprint density at radius 3 is 2.34 bits per heavy atom. The Hall–Kier alpha value is -2.27. The van der Waals surface area contributed by atoms with Crippen LogP contribution in [0.1, 0.15) is 137 Å². The molecule has 8 nitrogen and oxygen atoms in total. The van der Waals surface area contributed by atoms with Crippen LogP contribution in [0.4, 0.5) is 0 Å². The molecule has 10 atom stereocenters. The van der Waals surface area contributed by atoms with Gasteiger partial charge in [0.05, 0.1) is 23.0 Å². The highest BCUT2D eigenvalue weighted by Gasteiger charge is 2.70. The molecule has 1 N–H and O–H groups in total. The molecule has 1 aromatic rings. The van der Waals surface area contributed by atoms with Gasteiger partial charge in [0.25, 0.3) is 0 Å². The summed E-state index contributed by atoms with van der Waals surface area (Å²) in [4.78, 5) is 17.0. The van der Waals surface area contributed by atoms with E-state index in [1.807, 2.05) is 19.9 Å². The fraction of sp³-hybridized carbons (Fsp3) is 0.765. The van der Waals surface area contributed by atoms with Crippen LogP contribution in [0.2, 0.25) is 0 Å². The van der Waals surface area contributed by atoms with E-state index in [9.17, 15) is 13.2 Å². The highest BCUT2D eigenvalue weighted by molar-refractivity contribution is 7.91. The molecule has 0 bridgehead atoms. The second-order valence-corrected chi connectivity index (χ2v) is 25.4. The van der Waals surface area contributed by atoms with E-state index in [0.717, 1.165) is 36.4 Å². The second kappa shape index (κ2) is 16.3. The highest BCUT2D eigenvalue weighted by Crippen LogP contribution is 2.76. The molecule has 338 valence electrons. The third-order valence-electron chi connectivity index (χ3n) is 19.1. The van der Waals surface area contributed by atoms with Crippen molar-refractivity contribution in [2.75, 3.05) is 50.9 Å². The molecular formula is C51H77N3O5S2. The summed E-state index contributed by atoms with van der Waals surface area (Å²) >= 11 is 1.38. The zero-order valence-electron chi connectivity index (χ0n) is 38.9. The van der Waals surface area contributed by atoms with E-state index in [2.05, 4.69) is 81.4 Å². The predicted molar refractivity (Wildman–Crippen MR) is 249 cm³/mol. The van der Waals surface area contributed by atoms with Crippen LogP contribution in [-0.4, -0.2) is 80.1 Å². The van der Waals surface area contributed by atoms with E-state index in [-0.39, 0.29) is 39.8 Å². The predicted octanol–water partition coefficient (Wildman–Crippen LogP) is 10.5. The van der Waals surface area contributed by atoms with Gasteiger partial charge in [0.2, 0.25) is 5.88 Å². The van der Waals surface area contributed by atoms with Crippen molar-refractivity contribution in [2.45, 2.75) is 138 Å². The van der Waals surface area contributed by atoms with Gasteiger partial charge in [0.1, 0.15) is 12.0 Å². The van der Waals surface area contributed by atoms with Crippen molar-refractivity contribution in [3.8, 4) is 5.88 Å². The summed E-state index contributed by atoms with van der Waals surface area (Å²) in [6, 6.07) is 1.93. The van der Waals surface area contributed by atoms with Crippen LogP contribution in [0.5, 0.6) is 5.88 Å². The van der Waals surface area contributed by atoms with Gasteiger partial charge in [-0.25, -0.2) is 8.42 Å². The molecule has 2 unspecified atom stereocenters. The Bertz CT molecular complexity index is 2060. The molecule has 0 aromatic carbocycles. The Morgan fingerprint density at radius 2 is 1.69 bits per heavy atom. The maximum absolute atomic E-state index is 13.6. The van der Waals surface area contributed by atoms with Gasteiger partial charge in [-0.3, -0.25) is 4.79 Å². The van der Waals surface area contributed by atoms with E-state index >= 15 is 0 Å². The molecule has 61 heavy (non-hydrogen) atoms. The minimum absolute atomic E-state index is 0.0264. The molecular weight excluding hydrogens is 799 g/mol. The Morgan fingerprint density at radius 1 is 0.934 bits per heavy atom. The summed E-state index contributed by atoms with van der Waals surface area (Å²) < 4.78 is 40.6. The number of ether oxygens (including phenoxy) is 2. The molecule has 0 spiro atoms. The fourth-order valence-electron chi connectivity index (χ4n) is 15.6. The van der Waals surface area contributed by atoms with Crippen LogP contribution < -0.4 is 10.1 Å². The van der Waals surface area contributed by atoms with Gasteiger partial charge in [-0.15, -0.1) is 0 Å². The van der Waals surface area contributed by atoms with E-state index in [0.29, 0.717) is 79.5 Å². The monoisotopic (exact) mass is 876 g/mol. The minimum Gasteiger partial charge on any atom is -0.476 e. The number of hydrogen-bond donors (Lipinski definition) is 1. The molecule has 6 aliphatic carbocycles. The van der Waals surface area contributed by atoms with Gasteiger partial charge in [0.15, 0.2) is 9.84 Å². The van der Waals surface area contributed by atoms with Crippen molar-refractivity contribution in [1.82, 2.24) is 14.6 Å². The van der Waals surface area contributed by atoms with Crippen molar-refractivity contribution in [2.24, 2.45) is 56.7 Å². The van der Waals surface area contributed by atoms with Crippen molar-refractivity contribution >= 4 is 32.9 Å². The van der Waals surface area contributed by atoms with Gasteiger partial charge in [0, 0.05) is 37.8 Å². The smallest absolute Gasteiger partial charge is 0.315 e. The lowest BCUT2D eigenvalue weighted by Gasteiger charge is -2.72. The summed E-state index contributed by atoms with van der Waals surface area (Å²) in [5.41, 5.74) is 5.46. The number of carbonyl (C=O) groups is 1. The molecule has 10 heteroatoms. The maximum atomic E-state index is 13.6. The number of carbonyl (C=O) groups excluding carboxylic acids is 1. The first-order valence-corrected chi connectivity index (χ1v) is 26.5. The van der Waals surface area contributed by atoms with Crippen LogP contribution in [-0.2, 0) is 19.4 Å². The van der Waals surface area contributed by atoms with Crippen LogP contribution in [0, 0.1) is 56.7 Å². The summed E-state index contributed by atoms with van der Waals surface area (Å²) in [7, 11) is -2.87. The van der Waals surface area contributed by atoms with Crippen molar-refractivity contribution in [3.63, 3.8) is 0 Å². The molecule has 8 rings (SSSR count). The van der Waals surface area contributed by atoms with Crippen molar-refractivity contribution in [3.05, 3.63) is 53.0 Å². The number of sulfone groups is 1. The summed E-state index contributed by atoms with van der Waals surface area (Å²) in [5, 5.41) is 4.24. The Balaban J connectivity index is 1.01. The molecule has 0 amide bonds. The van der Waals surface area contributed by atoms with Gasteiger partial charge in [-0.2, -0.15) is 4.37 Å². The average Bonchev–Trinajstić information content (AvgIpc) is 3.85. The van der Waals surface area contributed by atoms with Crippen molar-refractivity contribution < 1.29 is 22.7 Å². The van der Waals surface area contributed by atoms with E-state index in [1.54, 1.807) is 0 Å². The summed E-state index contributed by atoms with van der Waals surface area (Å²) in [6.45, 7) is 31.8. The molecule has 4 saturated carbocycles. The second-order valence-electron chi connectivity index (χ2n) is 22.3. The first-order valence-electron chi connectivity index (χ1n) is 23.9. The quantitative estimate of drug-likeness (QED) is 0.164. The molecule has 2 heterocycles. The lowest BCUT2D eigenvalue weighted by molar-refractivity contribution is -0.221. The van der Waals surface area contributed by atoms with Crippen LogP contribution in [0.15, 0.2) is 48.1 Å². The molecule has 5 fully saturated rings. The number of nitrogens with zero attached hydrogens (tertiary/aromatic N) is 2. The zero-order valence-corrected chi connectivity index (χ0v) is 40.6. The molecule has 1 aliphatic heterocycles. The number of esters is 1. The Labute approximate surface area is 372 Å². The third-order valence-corrected chi connectivity index (χ3v) is 21.6. The average molecular weight is 876 g/mol. The first kappa shape index (κ1) is 45.3. The first-order chi connectivity index (χ1) is 28.7. The van der Waals surface area contributed by atoms with E-state index in [1.165, 1.54) is 79.6 Å². The van der Waals surface area contributed by atoms with Gasteiger partial charge < -0.3 is 19.7 Å². The highest BCUT2D eigenvalue weighted by atomic mass is 32.2. The van der Waals surface area contributed by atoms with Crippen LogP contribution in [0.25, 0.3) is 5.57 Å². The number of aromatic nitrogens is 1. The van der Waals surface area contributed by atoms with Gasteiger partial charge in [-0.05, 0) is 177 Å². The Kier molecular flexibility index (Phi) is 12.1. The number of nitrogens with one attached hydrogen (secondary N) is 1. The van der Waals surface area contributed by atoms with Gasteiger partial charge in [-0.1, -0.05) is 65.5 Å². The van der Waals surface area contributed by atoms with Crippen LogP contribution >= 0.6 is 11.5 Å². The molecule has 1 aromatic heterocycles. The zero-order chi connectivity index (χ0) is 43.8. The SMILES string of the molecule is C=C(C)c1cc(OCC2(C(=O)OCC)CC=C(C3=CC[C@]4(C)[C@H]5CC[C@@H]6[C@H]7C(C(=C)C)CC[C@]7(NCCN7CCS(=O)(=O)CC7)CC[C@@]6(C)[C@]5(C)CC[C@H]4C3(C)C)CC2)ns1. The number of rotatable bonds is 12.